The first-order valence-electron chi connectivity index (χ1n) is 9.12. The molecular formula is C21H19N3O3S. The molecule has 1 aromatic heterocycles. The number of para-hydroxylation sites is 2. The highest BCUT2D eigenvalue weighted by Gasteiger charge is 2.15. The average molecular weight is 393 g/mol. The van der Waals surface area contributed by atoms with Crippen LogP contribution in [-0.2, 0) is 10.5 Å². The fraction of sp³-hybridized carbons (Fsp3) is 0.238. The van der Waals surface area contributed by atoms with Gasteiger partial charge in [0.25, 0.3) is 11.1 Å². The number of amides is 1. The maximum Gasteiger partial charge on any atom is 0.271 e. The van der Waals surface area contributed by atoms with Crippen LogP contribution in [0.15, 0.2) is 63.3 Å². The van der Waals surface area contributed by atoms with E-state index in [-0.39, 0.29) is 11.7 Å². The summed E-state index contributed by atoms with van der Waals surface area (Å²) in [6.45, 7) is 0. The van der Waals surface area contributed by atoms with E-state index < -0.39 is 0 Å². The number of hydrogen-bond acceptors (Lipinski definition) is 6. The SMILES string of the molecule is O=C1CCCC(=NNC(=O)c2ccc(CSc3nc4ccccc4o3)cc2)C1. The smallest absolute Gasteiger partial charge is 0.271 e. The van der Waals surface area contributed by atoms with Crippen LogP contribution >= 0.6 is 11.8 Å². The van der Waals surface area contributed by atoms with E-state index in [1.54, 1.807) is 12.1 Å². The highest BCUT2D eigenvalue weighted by atomic mass is 32.2. The molecule has 0 radical (unpaired) electrons. The lowest BCUT2D eigenvalue weighted by molar-refractivity contribution is -0.118. The van der Waals surface area contributed by atoms with Crippen molar-refractivity contribution in [1.82, 2.24) is 10.4 Å². The Balaban J connectivity index is 1.33. The first-order valence-corrected chi connectivity index (χ1v) is 10.1. The summed E-state index contributed by atoms with van der Waals surface area (Å²) in [4.78, 5) is 28.1. The van der Waals surface area contributed by atoms with Crippen LogP contribution < -0.4 is 5.43 Å². The van der Waals surface area contributed by atoms with E-state index in [4.69, 9.17) is 4.42 Å². The molecule has 1 fully saturated rings. The normalized spacial score (nSPS) is 15.9. The number of aromatic nitrogens is 1. The second-order valence-corrected chi connectivity index (χ2v) is 7.55. The molecule has 0 saturated heterocycles. The minimum absolute atomic E-state index is 0.181. The van der Waals surface area contributed by atoms with Gasteiger partial charge in [-0.15, -0.1) is 0 Å². The minimum atomic E-state index is -0.274. The molecule has 1 aliphatic carbocycles. The number of hydrazone groups is 1. The van der Waals surface area contributed by atoms with Gasteiger partial charge < -0.3 is 4.42 Å². The largest absolute Gasteiger partial charge is 0.431 e. The van der Waals surface area contributed by atoms with Crippen LogP contribution in [0.4, 0.5) is 0 Å². The van der Waals surface area contributed by atoms with E-state index in [1.165, 1.54) is 11.8 Å². The molecule has 1 heterocycles. The van der Waals surface area contributed by atoms with Crippen LogP contribution in [0.25, 0.3) is 11.1 Å². The number of rotatable bonds is 5. The number of ketones is 1. The number of fused-ring (bicyclic) bond motifs is 1. The van der Waals surface area contributed by atoms with Crippen LogP contribution in [0.1, 0.15) is 41.6 Å². The molecule has 7 heteroatoms. The molecule has 2 aromatic carbocycles. The standard InChI is InChI=1S/C21H19N3O3S/c25-17-5-3-4-16(12-17)23-24-20(26)15-10-8-14(9-11-15)13-28-21-22-18-6-1-2-7-19(18)27-21/h1-2,6-11H,3-5,12-13H2,(H,24,26). The van der Waals surface area contributed by atoms with Crippen molar-refractivity contribution >= 4 is 40.3 Å². The highest BCUT2D eigenvalue weighted by Crippen LogP contribution is 2.26. The molecule has 28 heavy (non-hydrogen) atoms. The zero-order valence-corrected chi connectivity index (χ0v) is 16.0. The van der Waals surface area contributed by atoms with Gasteiger partial charge in [0, 0.05) is 29.9 Å². The number of nitrogens with zero attached hydrogens (tertiary/aromatic N) is 2. The highest BCUT2D eigenvalue weighted by molar-refractivity contribution is 7.98. The molecule has 1 saturated carbocycles. The van der Waals surface area contributed by atoms with Gasteiger partial charge in [-0.2, -0.15) is 5.10 Å². The fourth-order valence-corrected chi connectivity index (χ4v) is 3.79. The van der Waals surface area contributed by atoms with Gasteiger partial charge in [-0.3, -0.25) is 9.59 Å². The van der Waals surface area contributed by atoms with Crippen molar-refractivity contribution in [3.8, 4) is 0 Å². The lowest BCUT2D eigenvalue weighted by Crippen LogP contribution is -2.22. The summed E-state index contributed by atoms with van der Waals surface area (Å²) >= 11 is 1.51. The zero-order valence-electron chi connectivity index (χ0n) is 15.2. The third-order valence-electron chi connectivity index (χ3n) is 4.49. The average Bonchev–Trinajstić information content (AvgIpc) is 3.14. The summed E-state index contributed by atoms with van der Waals surface area (Å²) in [5.41, 5.74) is 6.51. The predicted octanol–water partition coefficient (Wildman–Crippen LogP) is 4.35. The van der Waals surface area contributed by atoms with Gasteiger partial charge in [-0.1, -0.05) is 36.0 Å². The van der Waals surface area contributed by atoms with Crippen LogP contribution in [0.2, 0.25) is 0 Å². The molecule has 0 spiro atoms. The van der Waals surface area contributed by atoms with Crippen molar-refractivity contribution in [1.29, 1.82) is 0 Å². The lowest BCUT2D eigenvalue weighted by Gasteiger charge is -2.11. The van der Waals surface area contributed by atoms with Gasteiger partial charge in [-0.05, 0) is 42.7 Å². The number of oxazole rings is 1. The zero-order chi connectivity index (χ0) is 19.3. The monoisotopic (exact) mass is 393 g/mol. The molecule has 142 valence electrons. The van der Waals surface area contributed by atoms with Crippen molar-refractivity contribution in [2.24, 2.45) is 5.10 Å². The van der Waals surface area contributed by atoms with Gasteiger partial charge in [0.1, 0.15) is 11.3 Å². The van der Waals surface area contributed by atoms with Crippen LogP contribution in [0.3, 0.4) is 0 Å². The van der Waals surface area contributed by atoms with Crippen molar-refractivity contribution in [2.45, 2.75) is 36.7 Å². The first-order chi connectivity index (χ1) is 13.7. The van der Waals surface area contributed by atoms with Gasteiger partial charge >= 0.3 is 0 Å². The fourth-order valence-electron chi connectivity index (χ4n) is 2.99. The Bertz CT molecular complexity index is 1010. The first kappa shape index (κ1) is 18.4. The number of Topliss-reactive ketones (excluding diaryl/α,β-unsaturated/α-hetero) is 1. The van der Waals surface area contributed by atoms with Gasteiger partial charge in [0.05, 0.1) is 0 Å². The van der Waals surface area contributed by atoms with Gasteiger partial charge in [-0.25, -0.2) is 10.4 Å². The molecule has 6 nitrogen and oxygen atoms in total. The summed E-state index contributed by atoms with van der Waals surface area (Å²) in [6, 6.07) is 15.0. The Morgan fingerprint density at radius 2 is 1.96 bits per heavy atom. The van der Waals surface area contributed by atoms with Crippen molar-refractivity contribution in [2.75, 3.05) is 0 Å². The molecule has 0 bridgehead atoms. The number of hydrogen-bond donors (Lipinski definition) is 1. The Morgan fingerprint density at radius 3 is 2.75 bits per heavy atom. The molecule has 1 N–H and O–H groups in total. The number of benzene rings is 2. The maximum absolute atomic E-state index is 12.2. The summed E-state index contributed by atoms with van der Waals surface area (Å²) in [5, 5.41) is 4.73. The molecule has 0 atom stereocenters. The van der Waals surface area contributed by atoms with Crippen LogP contribution in [0.5, 0.6) is 0 Å². The minimum Gasteiger partial charge on any atom is -0.431 e. The van der Waals surface area contributed by atoms with Crippen LogP contribution in [0, 0.1) is 0 Å². The van der Waals surface area contributed by atoms with E-state index in [0.29, 0.717) is 29.4 Å². The molecule has 3 aromatic rings. The quantitative estimate of drug-likeness (QED) is 0.515. The third-order valence-corrected chi connectivity index (χ3v) is 5.39. The molecule has 1 amide bonds. The van der Waals surface area contributed by atoms with Gasteiger partial charge in [0.2, 0.25) is 0 Å². The summed E-state index contributed by atoms with van der Waals surface area (Å²) in [5.74, 6) is 0.600. The Morgan fingerprint density at radius 1 is 1.14 bits per heavy atom. The van der Waals surface area contributed by atoms with E-state index in [9.17, 15) is 9.59 Å². The van der Waals surface area contributed by atoms with E-state index in [1.807, 2.05) is 36.4 Å². The van der Waals surface area contributed by atoms with Crippen LogP contribution in [-0.4, -0.2) is 22.4 Å². The van der Waals surface area contributed by atoms with Crippen molar-refractivity contribution in [3.63, 3.8) is 0 Å². The Hall–Kier alpha value is -2.93. The summed E-state index contributed by atoms with van der Waals surface area (Å²) in [7, 11) is 0. The second-order valence-electron chi connectivity index (χ2n) is 6.62. The van der Waals surface area contributed by atoms with Gasteiger partial charge in [0.15, 0.2) is 5.58 Å². The number of nitrogens with one attached hydrogen (secondary N) is 1. The van der Waals surface area contributed by atoms with Crippen molar-refractivity contribution in [3.05, 3.63) is 59.7 Å². The Kier molecular flexibility index (Phi) is 5.53. The molecular weight excluding hydrogens is 374 g/mol. The molecule has 0 aliphatic heterocycles. The second kappa shape index (κ2) is 8.39. The molecule has 0 unspecified atom stereocenters. The maximum atomic E-state index is 12.2. The number of carbonyl (C=O) groups is 2. The van der Waals surface area contributed by atoms with E-state index in [2.05, 4.69) is 15.5 Å². The number of thioether (sulfide) groups is 1. The van der Waals surface area contributed by atoms with E-state index >= 15 is 0 Å². The van der Waals surface area contributed by atoms with Crippen molar-refractivity contribution < 1.29 is 14.0 Å². The molecule has 4 rings (SSSR count). The van der Waals surface area contributed by atoms with E-state index in [0.717, 1.165) is 35.2 Å². The summed E-state index contributed by atoms with van der Waals surface area (Å²) in [6.07, 6.45) is 2.51. The summed E-state index contributed by atoms with van der Waals surface area (Å²) < 4.78 is 5.70. The number of carbonyl (C=O) groups excluding carboxylic acids is 2. The topological polar surface area (TPSA) is 84.6 Å². The third kappa shape index (κ3) is 4.48. The Labute approximate surface area is 166 Å². The molecule has 1 aliphatic rings. The predicted molar refractivity (Wildman–Crippen MR) is 108 cm³/mol. The lowest BCUT2D eigenvalue weighted by atomic mass is 9.97.